The fourth-order valence-corrected chi connectivity index (χ4v) is 3.84. The maximum absolute atomic E-state index is 11.9. The number of carbonyl (C=O) groups excluding carboxylic acids is 1. The molecule has 100 valence electrons. The van der Waals surface area contributed by atoms with Gasteiger partial charge in [-0.2, -0.15) is 5.10 Å². The number of hydrazone groups is 1. The van der Waals surface area contributed by atoms with Crippen LogP contribution in [-0.4, -0.2) is 12.1 Å². The van der Waals surface area contributed by atoms with E-state index in [1.807, 2.05) is 24.4 Å². The van der Waals surface area contributed by atoms with E-state index < -0.39 is 0 Å². The van der Waals surface area contributed by atoms with Crippen LogP contribution >= 0.6 is 15.9 Å². The zero-order valence-corrected chi connectivity index (χ0v) is 12.3. The van der Waals surface area contributed by atoms with Crippen LogP contribution in [0.3, 0.4) is 0 Å². The lowest BCUT2D eigenvalue weighted by atomic mass is 9.90. The first-order valence-electron chi connectivity index (χ1n) is 6.82. The average Bonchev–Trinajstić information content (AvgIpc) is 3.01. The van der Waals surface area contributed by atoms with Gasteiger partial charge in [-0.15, -0.1) is 0 Å². The van der Waals surface area contributed by atoms with Crippen LogP contribution in [0, 0.1) is 17.8 Å². The molecule has 0 unspecified atom stereocenters. The number of rotatable bonds is 3. The Bertz CT molecular complexity index is 515. The van der Waals surface area contributed by atoms with Crippen LogP contribution in [0.5, 0.6) is 0 Å². The Morgan fingerprint density at radius 3 is 2.84 bits per heavy atom. The molecular formula is C15H17BrN2O. The van der Waals surface area contributed by atoms with Crippen molar-refractivity contribution in [2.45, 2.75) is 25.7 Å². The molecule has 4 heteroatoms. The van der Waals surface area contributed by atoms with Gasteiger partial charge < -0.3 is 0 Å². The summed E-state index contributed by atoms with van der Waals surface area (Å²) in [5.74, 6) is 2.11. The van der Waals surface area contributed by atoms with Crippen LogP contribution in [0.4, 0.5) is 0 Å². The molecule has 0 heterocycles. The van der Waals surface area contributed by atoms with E-state index in [1.165, 1.54) is 25.7 Å². The Kier molecular flexibility index (Phi) is 3.69. The summed E-state index contributed by atoms with van der Waals surface area (Å²) in [6.45, 7) is 0. The van der Waals surface area contributed by atoms with Crippen molar-refractivity contribution in [1.82, 2.24) is 5.43 Å². The first-order valence-corrected chi connectivity index (χ1v) is 7.61. The average molecular weight is 321 g/mol. The molecule has 2 fully saturated rings. The van der Waals surface area contributed by atoms with Gasteiger partial charge in [0.2, 0.25) is 0 Å². The molecule has 2 bridgehead atoms. The molecule has 0 aliphatic heterocycles. The first kappa shape index (κ1) is 12.9. The zero-order chi connectivity index (χ0) is 13.2. The molecule has 2 aliphatic carbocycles. The summed E-state index contributed by atoms with van der Waals surface area (Å²) in [5.41, 5.74) is 3.24. The van der Waals surface area contributed by atoms with Gasteiger partial charge in [-0.1, -0.05) is 18.6 Å². The minimum atomic E-state index is -0.160. The lowest BCUT2D eigenvalue weighted by molar-refractivity contribution is 0.0954. The third-order valence-corrected chi connectivity index (χ3v) is 5.03. The molecule has 2 saturated carbocycles. The minimum Gasteiger partial charge on any atom is -0.267 e. The minimum absolute atomic E-state index is 0.160. The van der Waals surface area contributed by atoms with Gasteiger partial charge in [0.15, 0.2) is 0 Å². The number of benzene rings is 1. The highest BCUT2D eigenvalue weighted by Gasteiger charge is 2.38. The van der Waals surface area contributed by atoms with Gasteiger partial charge in [0.1, 0.15) is 0 Å². The Labute approximate surface area is 121 Å². The van der Waals surface area contributed by atoms with Crippen LogP contribution in [0.15, 0.2) is 33.8 Å². The van der Waals surface area contributed by atoms with Gasteiger partial charge in [0.25, 0.3) is 5.91 Å². The van der Waals surface area contributed by atoms with Crippen molar-refractivity contribution >= 4 is 28.1 Å². The predicted molar refractivity (Wildman–Crippen MR) is 79.0 cm³/mol. The van der Waals surface area contributed by atoms with Crippen molar-refractivity contribution in [3.8, 4) is 0 Å². The Hall–Kier alpha value is -1.16. The number of hydrogen-bond acceptors (Lipinski definition) is 2. The van der Waals surface area contributed by atoms with Gasteiger partial charge >= 0.3 is 0 Å². The van der Waals surface area contributed by atoms with Crippen molar-refractivity contribution in [3.63, 3.8) is 0 Å². The van der Waals surface area contributed by atoms with Crippen LogP contribution < -0.4 is 5.43 Å². The normalized spacial score (nSPS) is 29.0. The van der Waals surface area contributed by atoms with Gasteiger partial charge in [-0.3, -0.25) is 4.79 Å². The van der Waals surface area contributed by atoms with Gasteiger partial charge in [0.05, 0.1) is 5.56 Å². The number of hydrogen-bond donors (Lipinski definition) is 1. The van der Waals surface area contributed by atoms with E-state index in [0.29, 0.717) is 11.5 Å². The van der Waals surface area contributed by atoms with Crippen molar-refractivity contribution in [1.29, 1.82) is 0 Å². The second kappa shape index (κ2) is 5.45. The SMILES string of the molecule is O=C(N/N=C\[C@@H]1C[C@H]2CC[C@@H]1C2)c1ccccc1Br. The molecule has 0 spiro atoms. The number of nitrogens with zero attached hydrogens (tertiary/aromatic N) is 1. The summed E-state index contributed by atoms with van der Waals surface area (Å²) in [6, 6.07) is 7.37. The lowest BCUT2D eigenvalue weighted by Crippen LogP contribution is -2.20. The van der Waals surface area contributed by atoms with E-state index >= 15 is 0 Å². The van der Waals surface area contributed by atoms with E-state index in [-0.39, 0.29) is 5.91 Å². The fourth-order valence-electron chi connectivity index (χ4n) is 3.37. The van der Waals surface area contributed by atoms with Gasteiger partial charge in [-0.05, 0) is 65.1 Å². The summed E-state index contributed by atoms with van der Waals surface area (Å²) in [5, 5.41) is 4.14. The third kappa shape index (κ3) is 2.73. The quantitative estimate of drug-likeness (QED) is 0.671. The topological polar surface area (TPSA) is 41.5 Å². The highest BCUT2D eigenvalue weighted by atomic mass is 79.9. The molecular weight excluding hydrogens is 304 g/mol. The molecule has 0 saturated heterocycles. The molecule has 3 nitrogen and oxygen atoms in total. The predicted octanol–water partition coefficient (Wildman–Crippen LogP) is 3.60. The molecule has 0 aromatic heterocycles. The highest BCUT2D eigenvalue weighted by molar-refractivity contribution is 9.10. The maximum atomic E-state index is 11.9. The molecule has 0 radical (unpaired) electrons. The first-order chi connectivity index (χ1) is 9.24. The summed E-state index contributed by atoms with van der Waals surface area (Å²) in [7, 11) is 0. The fraction of sp³-hybridized carbons (Fsp3) is 0.467. The van der Waals surface area contributed by atoms with Crippen molar-refractivity contribution in [2.24, 2.45) is 22.9 Å². The lowest BCUT2D eigenvalue weighted by Gasteiger charge is -2.16. The summed E-state index contributed by atoms with van der Waals surface area (Å²) >= 11 is 3.37. The van der Waals surface area contributed by atoms with Crippen molar-refractivity contribution < 1.29 is 4.79 Å². The van der Waals surface area contributed by atoms with E-state index in [9.17, 15) is 4.79 Å². The largest absolute Gasteiger partial charge is 0.272 e. The smallest absolute Gasteiger partial charge is 0.267 e. The molecule has 19 heavy (non-hydrogen) atoms. The molecule has 1 aromatic carbocycles. The molecule has 1 amide bonds. The number of halogens is 1. The highest BCUT2D eigenvalue weighted by Crippen LogP contribution is 2.47. The number of amides is 1. The van der Waals surface area contributed by atoms with E-state index in [4.69, 9.17) is 0 Å². The molecule has 2 aliphatic rings. The van der Waals surface area contributed by atoms with E-state index in [2.05, 4.69) is 26.5 Å². The van der Waals surface area contributed by atoms with E-state index in [0.717, 1.165) is 16.3 Å². The third-order valence-electron chi connectivity index (χ3n) is 4.34. The maximum Gasteiger partial charge on any atom is 0.272 e. The monoisotopic (exact) mass is 320 g/mol. The summed E-state index contributed by atoms with van der Waals surface area (Å²) in [6.07, 6.45) is 7.27. The van der Waals surface area contributed by atoms with Crippen molar-refractivity contribution in [3.05, 3.63) is 34.3 Å². The van der Waals surface area contributed by atoms with Crippen LogP contribution in [0.2, 0.25) is 0 Å². The Morgan fingerprint density at radius 1 is 1.32 bits per heavy atom. The number of carbonyl (C=O) groups is 1. The standard InChI is InChI=1S/C15H17BrN2O/c16-14-4-2-1-3-13(14)15(19)18-17-9-12-8-10-5-6-11(12)7-10/h1-4,9-12H,5-8H2,(H,18,19)/b17-9-/t10-,11+,12-/m0/s1. The second-order valence-corrected chi connectivity index (χ2v) is 6.39. The van der Waals surface area contributed by atoms with E-state index in [1.54, 1.807) is 6.07 Å². The number of fused-ring (bicyclic) bond motifs is 2. The Morgan fingerprint density at radius 2 is 2.16 bits per heavy atom. The van der Waals surface area contributed by atoms with Crippen LogP contribution in [0.1, 0.15) is 36.0 Å². The molecule has 3 atom stereocenters. The van der Waals surface area contributed by atoms with Gasteiger partial charge in [-0.25, -0.2) is 5.43 Å². The van der Waals surface area contributed by atoms with Crippen LogP contribution in [-0.2, 0) is 0 Å². The Balaban J connectivity index is 1.58. The molecule has 1 N–H and O–H groups in total. The van der Waals surface area contributed by atoms with Gasteiger partial charge in [0, 0.05) is 10.7 Å². The zero-order valence-electron chi connectivity index (χ0n) is 10.7. The second-order valence-electron chi connectivity index (χ2n) is 5.54. The van der Waals surface area contributed by atoms with Crippen LogP contribution in [0.25, 0.3) is 0 Å². The molecule has 3 rings (SSSR count). The molecule has 1 aromatic rings. The summed E-state index contributed by atoms with van der Waals surface area (Å²) in [4.78, 5) is 11.9. The van der Waals surface area contributed by atoms with Crippen molar-refractivity contribution in [2.75, 3.05) is 0 Å². The summed E-state index contributed by atoms with van der Waals surface area (Å²) < 4.78 is 0.794. The number of nitrogens with one attached hydrogen (secondary N) is 1.